The summed E-state index contributed by atoms with van der Waals surface area (Å²) in [5, 5.41) is 0.639. The lowest BCUT2D eigenvalue weighted by atomic mass is 9.95. The molecule has 1 aromatic rings. The first-order valence-corrected chi connectivity index (χ1v) is 7.30. The predicted octanol–water partition coefficient (Wildman–Crippen LogP) is 3.98. The van der Waals surface area contributed by atoms with Crippen molar-refractivity contribution < 1.29 is 9.47 Å². The van der Waals surface area contributed by atoms with Gasteiger partial charge in [-0.25, -0.2) is 0 Å². The molecule has 19 heavy (non-hydrogen) atoms. The fourth-order valence-corrected chi connectivity index (χ4v) is 2.29. The Labute approximate surface area is 121 Å². The molecule has 0 amide bonds. The fraction of sp³-hybridized carbons (Fsp3) is 0.600. The molecular weight excluding hydrogens is 262 g/mol. The van der Waals surface area contributed by atoms with E-state index >= 15 is 0 Å². The van der Waals surface area contributed by atoms with Gasteiger partial charge in [0.1, 0.15) is 11.5 Å². The van der Waals surface area contributed by atoms with Gasteiger partial charge in [0.2, 0.25) is 0 Å². The maximum Gasteiger partial charge on any atom is 0.141 e. The van der Waals surface area contributed by atoms with Crippen molar-refractivity contribution in [1.29, 1.82) is 0 Å². The van der Waals surface area contributed by atoms with Crippen molar-refractivity contribution >= 4 is 11.6 Å². The van der Waals surface area contributed by atoms with Crippen LogP contribution in [0.1, 0.15) is 45.1 Å². The van der Waals surface area contributed by atoms with Gasteiger partial charge in [-0.1, -0.05) is 18.5 Å². The minimum absolute atomic E-state index is 0.373. The lowest BCUT2D eigenvalue weighted by Gasteiger charge is -2.18. The van der Waals surface area contributed by atoms with Crippen LogP contribution < -0.4 is 15.2 Å². The minimum atomic E-state index is 0.373. The van der Waals surface area contributed by atoms with Gasteiger partial charge in [-0.3, -0.25) is 0 Å². The number of hydrogen-bond acceptors (Lipinski definition) is 3. The molecule has 0 aliphatic heterocycles. The number of rotatable bonds is 8. The van der Waals surface area contributed by atoms with E-state index in [0.717, 1.165) is 24.2 Å². The van der Waals surface area contributed by atoms with Gasteiger partial charge in [0.25, 0.3) is 0 Å². The molecule has 2 N–H and O–H groups in total. The highest BCUT2D eigenvalue weighted by Crippen LogP contribution is 2.38. The second-order valence-corrected chi connectivity index (χ2v) is 4.93. The first kappa shape index (κ1) is 16.1. The van der Waals surface area contributed by atoms with Crippen molar-refractivity contribution in [3.8, 4) is 11.5 Å². The Hall–Kier alpha value is -0.930. The van der Waals surface area contributed by atoms with Crippen LogP contribution in [0.3, 0.4) is 0 Å². The third kappa shape index (κ3) is 4.59. The smallest absolute Gasteiger partial charge is 0.141 e. The molecule has 3 nitrogen and oxygen atoms in total. The maximum absolute atomic E-state index is 6.25. The predicted molar refractivity (Wildman–Crippen MR) is 80.5 cm³/mol. The maximum atomic E-state index is 6.25. The summed E-state index contributed by atoms with van der Waals surface area (Å²) in [7, 11) is 0. The Morgan fingerprint density at radius 1 is 1.16 bits per heavy atom. The zero-order valence-corrected chi connectivity index (χ0v) is 12.8. The van der Waals surface area contributed by atoms with Crippen LogP contribution in [0.2, 0.25) is 5.02 Å². The van der Waals surface area contributed by atoms with Crippen molar-refractivity contribution in [3.05, 3.63) is 22.7 Å². The molecule has 4 heteroatoms. The van der Waals surface area contributed by atoms with Crippen molar-refractivity contribution in [2.75, 3.05) is 19.8 Å². The Kier molecular flexibility index (Phi) is 7.03. The van der Waals surface area contributed by atoms with Crippen LogP contribution in [0.4, 0.5) is 0 Å². The summed E-state index contributed by atoms with van der Waals surface area (Å²) in [6.07, 6.45) is 2.03. The summed E-state index contributed by atoms with van der Waals surface area (Å²) in [4.78, 5) is 0. The zero-order valence-electron chi connectivity index (χ0n) is 12.0. The van der Waals surface area contributed by atoms with Gasteiger partial charge >= 0.3 is 0 Å². The fourth-order valence-electron chi connectivity index (χ4n) is 2.06. The molecule has 0 saturated carbocycles. The Bertz CT molecular complexity index is 396. The molecule has 1 rings (SSSR count). The Morgan fingerprint density at radius 2 is 1.79 bits per heavy atom. The van der Waals surface area contributed by atoms with E-state index in [-0.39, 0.29) is 0 Å². The van der Waals surface area contributed by atoms with E-state index in [1.807, 2.05) is 26.0 Å². The summed E-state index contributed by atoms with van der Waals surface area (Å²) in [5.41, 5.74) is 6.70. The summed E-state index contributed by atoms with van der Waals surface area (Å²) in [6, 6.07) is 3.85. The molecule has 0 bridgehead atoms. The van der Waals surface area contributed by atoms with Gasteiger partial charge in [0.05, 0.1) is 18.2 Å². The molecule has 0 radical (unpaired) electrons. The SMILES string of the molecule is CCOc1cc(OCC)c(C(C)CCCN)cc1Cl. The standard InChI is InChI=1S/C15H24ClNO2/c1-4-18-14-10-15(19-5-2)13(16)9-12(14)11(3)7-6-8-17/h9-11H,4-8,17H2,1-3H3. The normalized spacial score (nSPS) is 12.3. The number of nitrogens with two attached hydrogens (primary N) is 1. The van der Waals surface area contributed by atoms with Crippen molar-refractivity contribution in [1.82, 2.24) is 0 Å². The van der Waals surface area contributed by atoms with E-state index in [1.54, 1.807) is 0 Å². The van der Waals surface area contributed by atoms with Crippen LogP contribution in [0.5, 0.6) is 11.5 Å². The second kappa shape index (κ2) is 8.28. The Morgan fingerprint density at radius 3 is 2.37 bits per heavy atom. The van der Waals surface area contributed by atoms with E-state index in [9.17, 15) is 0 Å². The van der Waals surface area contributed by atoms with Gasteiger partial charge in [0, 0.05) is 6.07 Å². The molecule has 108 valence electrons. The third-order valence-corrected chi connectivity index (χ3v) is 3.33. The molecular formula is C15H24ClNO2. The second-order valence-electron chi connectivity index (χ2n) is 4.52. The van der Waals surface area contributed by atoms with Gasteiger partial charge < -0.3 is 15.2 Å². The van der Waals surface area contributed by atoms with Crippen molar-refractivity contribution in [2.45, 2.75) is 39.5 Å². The van der Waals surface area contributed by atoms with Crippen LogP contribution >= 0.6 is 11.6 Å². The highest BCUT2D eigenvalue weighted by atomic mass is 35.5. The molecule has 0 heterocycles. The molecule has 0 spiro atoms. The van der Waals surface area contributed by atoms with Crippen molar-refractivity contribution in [3.63, 3.8) is 0 Å². The van der Waals surface area contributed by atoms with E-state index in [4.69, 9.17) is 26.8 Å². The first-order chi connectivity index (χ1) is 9.13. The van der Waals surface area contributed by atoms with Gasteiger partial charge in [-0.15, -0.1) is 0 Å². The lowest BCUT2D eigenvalue weighted by molar-refractivity contribution is 0.319. The molecule has 0 aliphatic carbocycles. The van der Waals surface area contributed by atoms with E-state index in [2.05, 4.69) is 6.92 Å². The van der Waals surface area contributed by atoms with E-state index < -0.39 is 0 Å². The summed E-state index contributed by atoms with van der Waals surface area (Å²) >= 11 is 6.25. The molecule has 1 aromatic carbocycles. The molecule has 1 atom stereocenters. The first-order valence-electron chi connectivity index (χ1n) is 6.93. The molecule has 0 aliphatic rings. The highest BCUT2D eigenvalue weighted by molar-refractivity contribution is 6.32. The molecule has 0 fully saturated rings. The monoisotopic (exact) mass is 285 g/mol. The average Bonchev–Trinajstić information content (AvgIpc) is 2.40. The number of ether oxygens (including phenoxy) is 2. The summed E-state index contributed by atoms with van der Waals surface area (Å²) in [6.45, 7) is 8.01. The zero-order chi connectivity index (χ0) is 14.3. The molecule has 1 unspecified atom stereocenters. The van der Waals surface area contributed by atoms with Crippen LogP contribution in [0, 0.1) is 0 Å². The highest BCUT2D eigenvalue weighted by Gasteiger charge is 2.15. The number of benzene rings is 1. The van der Waals surface area contributed by atoms with Crippen LogP contribution in [-0.4, -0.2) is 19.8 Å². The van der Waals surface area contributed by atoms with Crippen molar-refractivity contribution in [2.24, 2.45) is 5.73 Å². The lowest BCUT2D eigenvalue weighted by Crippen LogP contribution is -2.05. The van der Waals surface area contributed by atoms with E-state index in [1.165, 1.54) is 0 Å². The van der Waals surface area contributed by atoms with Gasteiger partial charge in [0.15, 0.2) is 0 Å². The quantitative estimate of drug-likeness (QED) is 0.786. The average molecular weight is 286 g/mol. The third-order valence-electron chi connectivity index (χ3n) is 3.04. The Balaban J connectivity index is 3.03. The largest absolute Gasteiger partial charge is 0.493 e. The minimum Gasteiger partial charge on any atom is -0.493 e. The van der Waals surface area contributed by atoms with Crippen LogP contribution in [0.15, 0.2) is 12.1 Å². The summed E-state index contributed by atoms with van der Waals surface area (Å²) in [5.74, 6) is 1.92. The topological polar surface area (TPSA) is 44.5 Å². The number of hydrogen-bond donors (Lipinski definition) is 1. The molecule has 0 aromatic heterocycles. The van der Waals surface area contributed by atoms with Gasteiger partial charge in [-0.2, -0.15) is 0 Å². The van der Waals surface area contributed by atoms with Crippen LogP contribution in [0.25, 0.3) is 0 Å². The van der Waals surface area contributed by atoms with Crippen LogP contribution in [-0.2, 0) is 0 Å². The number of halogens is 1. The van der Waals surface area contributed by atoms with E-state index in [0.29, 0.717) is 36.4 Å². The van der Waals surface area contributed by atoms with Gasteiger partial charge in [-0.05, 0) is 50.8 Å². The molecule has 0 saturated heterocycles. The summed E-state index contributed by atoms with van der Waals surface area (Å²) < 4.78 is 11.2.